The molecule has 1 rings (SSSR count). The molecule has 0 aromatic carbocycles. The fourth-order valence-electron chi connectivity index (χ4n) is 2.11. The molecule has 14 heavy (non-hydrogen) atoms. The summed E-state index contributed by atoms with van der Waals surface area (Å²) in [5, 5.41) is 8.84. The zero-order valence-electron chi connectivity index (χ0n) is 9.62. The Hall–Kier alpha value is -0.120. The van der Waals surface area contributed by atoms with E-state index >= 15 is 0 Å². The van der Waals surface area contributed by atoms with Crippen molar-refractivity contribution in [3.8, 4) is 0 Å². The molecular formula is C11H22O3. The van der Waals surface area contributed by atoms with Gasteiger partial charge in [0, 0.05) is 18.4 Å². The van der Waals surface area contributed by atoms with Crippen LogP contribution in [0.1, 0.15) is 34.1 Å². The summed E-state index contributed by atoms with van der Waals surface area (Å²) < 4.78 is 11.7. The average Bonchev–Trinajstić information content (AvgIpc) is 2.50. The van der Waals surface area contributed by atoms with Crippen LogP contribution in [0, 0.1) is 11.8 Å². The number of rotatable bonds is 4. The van der Waals surface area contributed by atoms with Crippen molar-refractivity contribution in [2.24, 2.45) is 11.8 Å². The molecule has 0 aromatic rings. The van der Waals surface area contributed by atoms with Gasteiger partial charge in [0.05, 0.1) is 12.7 Å². The van der Waals surface area contributed by atoms with Gasteiger partial charge in [-0.15, -0.1) is 0 Å². The van der Waals surface area contributed by atoms with Gasteiger partial charge < -0.3 is 14.6 Å². The second-order valence-corrected chi connectivity index (χ2v) is 4.59. The molecule has 0 amide bonds. The lowest BCUT2D eigenvalue weighted by Crippen LogP contribution is -2.42. The molecule has 0 spiro atoms. The van der Waals surface area contributed by atoms with E-state index in [1.54, 1.807) is 0 Å². The van der Waals surface area contributed by atoms with Crippen molar-refractivity contribution in [2.45, 2.75) is 46.0 Å². The first-order valence-corrected chi connectivity index (χ1v) is 5.45. The van der Waals surface area contributed by atoms with Gasteiger partial charge in [-0.1, -0.05) is 27.7 Å². The smallest absolute Gasteiger partial charge is 0.173 e. The van der Waals surface area contributed by atoms with Crippen LogP contribution < -0.4 is 0 Å². The van der Waals surface area contributed by atoms with Crippen molar-refractivity contribution in [3.05, 3.63) is 0 Å². The molecule has 1 fully saturated rings. The number of hydrogen-bond donors (Lipinski definition) is 1. The molecular weight excluding hydrogens is 180 g/mol. The molecule has 84 valence electrons. The molecule has 1 heterocycles. The number of ether oxygens (including phenoxy) is 2. The quantitative estimate of drug-likeness (QED) is 0.755. The van der Waals surface area contributed by atoms with E-state index in [0.29, 0.717) is 24.9 Å². The number of aliphatic hydroxyl groups is 1. The molecule has 3 heteroatoms. The van der Waals surface area contributed by atoms with E-state index in [4.69, 9.17) is 14.6 Å². The largest absolute Gasteiger partial charge is 0.396 e. The van der Waals surface area contributed by atoms with Gasteiger partial charge in [-0.25, -0.2) is 0 Å². The minimum absolute atomic E-state index is 0.0600. The second-order valence-electron chi connectivity index (χ2n) is 4.59. The van der Waals surface area contributed by atoms with Crippen molar-refractivity contribution >= 4 is 0 Å². The van der Waals surface area contributed by atoms with Crippen LogP contribution in [0.5, 0.6) is 0 Å². The number of hydrogen-bond acceptors (Lipinski definition) is 3. The highest BCUT2D eigenvalue weighted by atomic mass is 16.7. The lowest BCUT2D eigenvalue weighted by Gasteiger charge is -2.35. The molecule has 0 radical (unpaired) electrons. The summed E-state index contributed by atoms with van der Waals surface area (Å²) in [5.74, 6) is 0.234. The molecule has 1 aliphatic rings. The van der Waals surface area contributed by atoms with Crippen molar-refractivity contribution < 1.29 is 14.6 Å². The standard InChI is InChI=1S/C11H22O3/c1-8(2)11(9(3)4)13-7-10(14-11)5-6-12/h8-10,12H,5-7H2,1-4H3. The predicted molar refractivity (Wildman–Crippen MR) is 54.9 cm³/mol. The Kier molecular flexibility index (Phi) is 3.93. The third kappa shape index (κ3) is 2.10. The Labute approximate surface area is 86.4 Å². The summed E-state index contributed by atoms with van der Waals surface area (Å²) in [4.78, 5) is 0. The zero-order valence-corrected chi connectivity index (χ0v) is 9.62. The monoisotopic (exact) mass is 202 g/mol. The van der Waals surface area contributed by atoms with Gasteiger partial charge in [-0.05, 0) is 6.42 Å². The maximum Gasteiger partial charge on any atom is 0.173 e. The molecule has 0 aliphatic carbocycles. The van der Waals surface area contributed by atoms with E-state index < -0.39 is 5.79 Å². The summed E-state index contributed by atoms with van der Waals surface area (Å²) in [6, 6.07) is 0. The lowest BCUT2D eigenvalue weighted by atomic mass is 9.91. The van der Waals surface area contributed by atoms with Crippen LogP contribution in [0.4, 0.5) is 0 Å². The molecule has 1 atom stereocenters. The molecule has 0 saturated carbocycles. The van der Waals surface area contributed by atoms with Crippen molar-refractivity contribution in [3.63, 3.8) is 0 Å². The predicted octanol–water partition coefficient (Wildman–Crippen LogP) is 1.79. The van der Waals surface area contributed by atoms with E-state index in [9.17, 15) is 0 Å². The van der Waals surface area contributed by atoms with E-state index in [0.717, 1.165) is 0 Å². The first kappa shape index (κ1) is 12.0. The van der Waals surface area contributed by atoms with Gasteiger partial charge in [0.2, 0.25) is 0 Å². The van der Waals surface area contributed by atoms with E-state index in [1.807, 2.05) is 0 Å². The van der Waals surface area contributed by atoms with Gasteiger partial charge >= 0.3 is 0 Å². The molecule has 0 aromatic heterocycles. The van der Waals surface area contributed by atoms with Crippen molar-refractivity contribution in [1.29, 1.82) is 0 Å². The van der Waals surface area contributed by atoms with Crippen LogP contribution in [0.15, 0.2) is 0 Å². The third-order valence-corrected chi connectivity index (χ3v) is 2.91. The Morgan fingerprint density at radius 3 is 2.21 bits per heavy atom. The summed E-state index contributed by atoms with van der Waals surface area (Å²) in [7, 11) is 0. The Bertz CT molecular complexity index is 169. The minimum Gasteiger partial charge on any atom is -0.396 e. The Morgan fingerprint density at radius 1 is 1.29 bits per heavy atom. The molecule has 1 aliphatic heterocycles. The van der Waals surface area contributed by atoms with Crippen LogP contribution in [0.2, 0.25) is 0 Å². The maximum atomic E-state index is 8.84. The summed E-state index contributed by atoms with van der Waals surface area (Å²) in [6.07, 6.45) is 0.728. The summed E-state index contributed by atoms with van der Waals surface area (Å²) in [6.45, 7) is 9.22. The van der Waals surface area contributed by atoms with Crippen molar-refractivity contribution in [2.75, 3.05) is 13.2 Å². The van der Waals surface area contributed by atoms with Gasteiger partial charge in [-0.2, -0.15) is 0 Å². The van der Waals surface area contributed by atoms with E-state index in [-0.39, 0.29) is 12.7 Å². The van der Waals surface area contributed by atoms with Crippen molar-refractivity contribution in [1.82, 2.24) is 0 Å². The topological polar surface area (TPSA) is 38.7 Å². The highest BCUT2D eigenvalue weighted by Gasteiger charge is 2.46. The molecule has 0 bridgehead atoms. The third-order valence-electron chi connectivity index (χ3n) is 2.91. The maximum absolute atomic E-state index is 8.84. The summed E-state index contributed by atoms with van der Waals surface area (Å²) >= 11 is 0. The van der Waals surface area contributed by atoms with Gasteiger partial charge in [0.15, 0.2) is 5.79 Å². The van der Waals surface area contributed by atoms with Crippen LogP contribution >= 0.6 is 0 Å². The number of aliphatic hydroxyl groups excluding tert-OH is 1. The van der Waals surface area contributed by atoms with Crippen LogP contribution in [-0.2, 0) is 9.47 Å². The zero-order chi connectivity index (χ0) is 10.8. The molecule has 1 N–H and O–H groups in total. The highest BCUT2D eigenvalue weighted by Crippen LogP contribution is 2.38. The van der Waals surface area contributed by atoms with Crippen LogP contribution in [-0.4, -0.2) is 30.2 Å². The minimum atomic E-state index is -0.445. The van der Waals surface area contributed by atoms with Gasteiger partial charge in [0.1, 0.15) is 0 Å². The summed E-state index contributed by atoms with van der Waals surface area (Å²) in [5.41, 5.74) is 0. The Balaban J connectivity index is 2.65. The average molecular weight is 202 g/mol. The fourth-order valence-corrected chi connectivity index (χ4v) is 2.11. The second kappa shape index (κ2) is 4.60. The van der Waals surface area contributed by atoms with Gasteiger partial charge in [0.25, 0.3) is 0 Å². The van der Waals surface area contributed by atoms with Gasteiger partial charge in [-0.3, -0.25) is 0 Å². The molecule has 3 nitrogen and oxygen atoms in total. The fraction of sp³-hybridized carbons (Fsp3) is 1.00. The van der Waals surface area contributed by atoms with E-state index in [2.05, 4.69) is 27.7 Å². The normalized spacial score (nSPS) is 26.4. The van der Waals surface area contributed by atoms with E-state index in [1.165, 1.54) is 0 Å². The van der Waals surface area contributed by atoms with Crippen LogP contribution in [0.3, 0.4) is 0 Å². The SMILES string of the molecule is CC(C)C1(C(C)C)OCC(CCO)O1. The lowest BCUT2D eigenvalue weighted by molar-refractivity contribution is -0.226. The first-order valence-electron chi connectivity index (χ1n) is 5.45. The highest BCUT2D eigenvalue weighted by molar-refractivity contribution is 4.84. The molecule has 1 unspecified atom stereocenters. The van der Waals surface area contributed by atoms with Crippen LogP contribution in [0.25, 0.3) is 0 Å². The Morgan fingerprint density at radius 2 is 1.86 bits per heavy atom. The molecule has 1 saturated heterocycles. The first-order chi connectivity index (χ1) is 6.53.